The molecule has 1 unspecified atom stereocenters. The molecule has 1 aliphatic heterocycles. The number of hydrogen-bond donors (Lipinski definition) is 3. The summed E-state index contributed by atoms with van der Waals surface area (Å²) in [4.78, 5) is 23.7. The van der Waals surface area contributed by atoms with Gasteiger partial charge in [0, 0.05) is 31.4 Å². The van der Waals surface area contributed by atoms with E-state index in [1.807, 2.05) is 0 Å². The molecule has 9 heteroatoms. The highest BCUT2D eigenvalue weighted by atomic mass is 19.1. The van der Waals surface area contributed by atoms with Gasteiger partial charge in [0.15, 0.2) is 11.6 Å². The highest BCUT2D eigenvalue weighted by Crippen LogP contribution is 2.39. The van der Waals surface area contributed by atoms with Crippen LogP contribution in [0.3, 0.4) is 0 Å². The molecule has 2 aliphatic rings. The fraction of sp³-hybridized carbons (Fsp3) is 0.412. The molecule has 0 radical (unpaired) electrons. The van der Waals surface area contributed by atoms with Crippen molar-refractivity contribution in [2.45, 2.75) is 31.3 Å². The monoisotopic (exact) mass is 364 g/mol. The number of halogens is 2. The largest absolute Gasteiger partial charge is 0.477 e. The van der Waals surface area contributed by atoms with E-state index in [0.29, 0.717) is 19.5 Å². The highest BCUT2D eigenvalue weighted by Gasteiger charge is 2.30. The Morgan fingerprint density at radius 2 is 2.04 bits per heavy atom. The van der Waals surface area contributed by atoms with Crippen LogP contribution in [0.1, 0.15) is 35.7 Å². The zero-order valence-electron chi connectivity index (χ0n) is 13.8. The normalized spacial score (nSPS) is 20.7. The molecule has 2 heterocycles. The first-order valence-electron chi connectivity index (χ1n) is 8.44. The molecule has 7 nitrogen and oxygen atoms in total. The quantitative estimate of drug-likeness (QED) is 0.763. The minimum Gasteiger partial charge on any atom is -0.477 e. The molecular formula is C17H18F2N4O3. The lowest BCUT2D eigenvalue weighted by atomic mass is 10.1. The van der Waals surface area contributed by atoms with Crippen molar-refractivity contribution >= 4 is 22.6 Å². The molecule has 2 fully saturated rings. The average Bonchev–Trinajstić information content (AvgIpc) is 3.34. The minimum atomic E-state index is -1.42. The minimum absolute atomic E-state index is 0.0724. The molecule has 0 spiro atoms. The van der Waals surface area contributed by atoms with Gasteiger partial charge in [-0.25, -0.2) is 18.6 Å². The van der Waals surface area contributed by atoms with Crippen LogP contribution in [0, 0.1) is 11.6 Å². The van der Waals surface area contributed by atoms with Gasteiger partial charge in [-0.05, 0) is 25.3 Å². The molecule has 0 amide bonds. The van der Waals surface area contributed by atoms with Crippen molar-refractivity contribution in [3.8, 4) is 0 Å². The standard InChI is InChI=1S/C17H18F2N4O3/c18-12-5-10-15(13(19)14(12)21-22-4-3-8(20)6-22)23(9-1-2-9)7-11(16(10)24)17(25)26/h5,7-9,21H,1-4,6,20H2,(H,25,26). The van der Waals surface area contributed by atoms with E-state index in [1.54, 1.807) is 5.01 Å². The third-order valence-electron chi connectivity index (χ3n) is 4.87. The van der Waals surface area contributed by atoms with Crippen molar-refractivity contribution < 1.29 is 18.7 Å². The number of anilines is 1. The number of aromatic nitrogens is 1. The number of carboxylic acids is 1. The summed E-state index contributed by atoms with van der Waals surface area (Å²) in [6.07, 6.45) is 3.36. The summed E-state index contributed by atoms with van der Waals surface area (Å²) in [5.74, 6) is -3.26. The maximum Gasteiger partial charge on any atom is 0.341 e. The summed E-state index contributed by atoms with van der Waals surface area (Å²) in [6, 6.07) is 0.741. The third-order valence-corrected chi connectivity index (χ3v) is 4.87. The van der Waals surface area contributed by atoms with Crippen LogP contribution in [0.15, 0.2) is 17.1 Å². The Morgan fingerprint density at radius 3 is 2.62 bits per heavy atom. The number of aromatic carboxylic acids is 1. The second-order valence-electron chi connectivity index (χ2n) is 6.87. The van der Waals surface area contributed by atoms with Gasteiger partial charge in [-0.2, -0.15) is 0 Å². The van der Waals surface area contributed by atoms with Gasteiger partial charge in [-0.1, -0.05) is 0 Å². The molecule has 1 saturated carbocycles. The SMILES string of the molecule is NC1CCN(Nc2c(F)cc3c(=O)c(C(=O)O)cn(C4CC4)c3c2F)C1. The van der Waals surface area contributed by atoms with Gasteiger partial charge in [0.1, 0.15) is 11.3 Å². The van der Waals surface area contributed by atoms with Crippen molar-refractivity contribution in [3.63, 3.8) is 0 Å². The Balaban J connectivity index is 1.91. The van der Waals surface area contributed by atoms with E-state index in [-0.39, 0.29) is 28.7 Å². The van der Waals surface area contributed by atoms with Crippen LogP contribution in [0.4, 0.5) is 14.5 Å². The summed E-state index contributed by atoms with van der Waals surface area (Å²) in [7, 11) is 0. The molecule has 1 saturated heterocycles. The Labute approximate surface area is 147 Å². The fourth-order valence-corrected chi connectivity index (χ4v) is 3.38. The Hall–Kier alpha value is -2.52. The fourth-order valence-electron chi connectivity index (χ4n) is 3.38. The lowest BCUT2D eigenvalue weighted by molar-refractivity contribution is 0.0695. The number of nitrogens with two attached hydrogens (primary N) is 1. The molecule has 2 aromatic rings. The van der Waals surface area contributed by atoms with Gasteiger partial charge in [-0.15, -0.1) is 0 Å². The van der Waals surface area contributed by atoms with E-state index >= 15 is 4.39 Å². The van der Waals surface area contributed by atoms with Crippen LogP contribution in [-0.4, -0.2) is 39.8 Å². The summed E-state index contributed by atoms with van der Waals surface area (Å²) in [6.45, 7) is 0.996. The number of pyridine rings is 1. The predicted molar refractivity (Wildman–Crippen MR) is 91.1 cm³/mol. The molecule has 26 heavy (non-hydrogen) atoms. The number of rotatable bonds is 4. The number of benzene rings is 1. The zero-order chi connectivity index (χ0) is 18.6. The number of nitrogens with zero attached hydrogens (tertiary/aromatic N) is 2. The molecular weight excluding hydrogens is 346 g/mol. The van der Waals surface area contributed by atoms with Gasteiger partial charge >= 0.3 is 5.97 Å². The van der Waals surface area contributed by atoms with Crippen LogP contribution in [0.5, 0.6) is 0 Å². The van der Waals surface area contributed by atoms with Gasteiger partial charge in [-0.3, -0.25) is 4.79 Å². The molecule has 4 N–H and O–H groups in total. The number of hydrogen-bond acceptors (Lipinski definition) is 5. The van der Waals surface area contributed by atoms with E-state index in [0.717, 1.165) is 25.1 Å². The number of hydrazine groups is 1. The maximum atomic E-state index is 15.2. The second kappa shape index (κ2) is 6.03. The number of carbonyl (C=O) groups is 1. The van der Waals surface area contributed by atoms with E-state index in [2.05, 4.69) is 5.43 Å². The third kappa shape index (κ3) is 2.73. The molecule has 0 bridgehead atoms. The molecule has 138 valence electrons. The van der Waals surface area contributed by atoms with Crippen LogP contribution in [-0.2, 0) is 0 Å². The summed E-state index contributed by atoms with van der Waals surface area (Å²) in [5, 5.41) is 10.6. The Morgan fingerprint density at radius 1 is 1.31 bits per heavy atom. The zero-order valence-corrected chi connectivity index (χ0v) is 13.8. The van der Waals surface area contributed by atoms with Crippen LogP contribution < -0.4 is 16.6 Å². The van der Waals surface area contributed by atoms with E-state index in [1.165, 1.54) is 4.57 Å². The van der Waals surface area contributed by atoms with E-state index in [4.69, 9.17) is 5.73 Å². The topological polar surface area (TPSA) is 101 Å². The van der Waals surface area contributed by atoms with Crippen LogP contribution in [0.2, 0.25) is 0 Å². The summed E-state index contributed by atoms with van der Waals surface area (Å²) >= 11 is 0. The average molecular weight is 364 g/mol. The smallest absolute Gasteiger partial charge is 0.341 e. The first-order valence-corrected chi connectivity index (χ1v) is 8.44. The van der Waals surface area contributed by atoms with Crippen molar-refractivity contribution in [3.05, 3.63) is 39.7 Å². The van der Waals surface area contributed by atoms with Crippen LogP contribution >= 0.6 is 0 Å². The molecule has 1 aromatic heterocycles. The molecule has 1 aliphatic carbocycles. The van der Waals surface area contributed by atoms with Crippen molar-refractivity contribution in [2.24, 2.45) is 5.73 Å². The van der Waals surface area contributed by atoms with Gasteiger partial charge in [0.2, 0.25) is 5.43 Å². The molecule has 1 atom stereocenters. The number of carboxylic acid groups (broad SMARTS) is 1. The maximum absolute atomic E-state index is 15.2. The lowest BCUT2D eigenvalue weighted by Crippen LogP contribution is -2.32. The first-order chi connectivity index (χ1) is 12.4. The summed E-state index contributed by atoms with van der Waals surface area (Å²) in [5.41, 5.74) is 6.71. The summed E-state index contributed by atoms with van der Waals surface area (Å²) < 4.78 is 31.2. The van der Waals surface area contributed by atoms with Gasteiger partial charge in [0.05, 0.1) is 10.9 Å². The van der Waals surface area contributed by atoms with Crippen molar-refractivity contribution in [2.75, 3.05) is 18.5 Å². The Bertz CT molecular complexity index is 971. The molecule has 4 rings (SSSR count). The number of nitrogens with one attached hydrogen (secondary N) is 1. The van der Waals surface area contributed by atoms with E-state index in [9.17, 15) is 19.1 Å². The lowest BCUT2D eigenvalue weighted by Gasteiger charge is -2.21. The van der Waals surface area contributed by atoms with E-state index < -0.39 is 28.6 Å². The highest BCUT2D eigenvalue weighted by molar-refractivity contribution is 5.93. The van der Waals surface area contributed by atoms with Crippen molar-refractivity contribution in [1.82, 2.24) is 9.58 Å². The number of fused-ring (bicyclic) bond motifs is 1. The second-order valence-corrected chi connectivity index (χ2v) is 6.87. The van der Waals surface area contributed by atoms with Gasteiger partial charge in [0.25, 0.3) is 0 Å². The predicted octanol–water partition coefficient (Wildman–Crippen LogP) is 1.67. The van der Waals surface area contributed by atoms with Crippen LogP contribution in [0.25, 0.3) is 10.9 Å². The van der Waals surface area contributed by atoms with Crippen molar-refractivity contribution in [1.29, 1.82) is 0 Å². The molecule has 1 aromatic carbocycles. The first kappa shape index (κ1) is 16.9. The Kier molecular flexibility index (Phi) is 3.92. The van der Waals surface area contributed by atoms with Gasteiger partial charge < -0.3 is 20.8 Å².